The molecule has 0 fully saturated rings. The van der Waals surface area contributed by atoms with Crippen molar-refractivity contribution in [2.24, 2.45) is 28.6 Å². The van der Waals surface area contributed by atoms with Crippen LogP contribution in [0.5, 0.6) is 0 Å². The van der Waals surface area contributed by atoms with E-state index >= 15 is 0 Å². The van der Waals surface area contributed by atoms with E-state index in [9.17, 15) is 5.11 Å². The number of rotatable bonds is 8. The SMILES string of the molecule is CC(C)CC(C)(O)CC(C)C(C)(C)CC(C)(C)C(C)C. The van der Waals surface area contributed by atoms with Gasteiger partial charge in [-0.05, 0) is 54.8 Å². The molecule has 0 aromatic rings. The van der Waals surface area contributed by atoms with Crippen LogP contribution in [0.25, 0.3) is 0 Å². The molecule has 0 amide bonds. The van der Waals surface area contributed by atoms with Gasteiger partial charge in [-0.15, -0.1) is 0 Å². The lowest BCUT2D eigenvalue weighted by atomic mass is 9.63. The second kappa shape index (κ2) is 6.81. The lowest BCUT2D eigenvalue weighted by molar-refractivity contribution is -0.0135. The van der Waals surface area contributed by atoms with Crippen LogP contribution in [0.15, 0.2) is 0 Å². The Morgan fingerprint density at radius 3 is 1.55 bits per heavy atom. The van der Waals surface area contributed by atoms with Gasteiger partial charge in [0.25, 0.3) is 0 Å². The van der Waals surface area contributed by atoms with Crippen LogP contribution in [-0.2, 0) is 0 Å². The number of hydrogen-bond acceptors (Lipinski definition) is 1. The summed E-state index contributed by atoms with van der Waals surface area (Å²) in [5.74, 6) is 1.76. The molecule has 0 saturated heterocycles. The van der Waals surface area contributed by atoms with Crippen molar-refractivity contribution >= 4 is 0 Å². The van der Waals surface area contributed by atoms with Crippen molar-refractivity contribution in [1.82, 2.24) is 0 Å². The van der Waals surface area contributed by atoms with Crippen LogP contribution in [-0.4, -0.2) is 10.7 Å². The van der Waals surface area contributed by atoms with Gasteiger partial charge in [0.2, 0.25) is 0 Å². The lowest BCUT2D eigenvalue weighted by Gasteiger charge is -2.43. The van der Waals surface area contributed by atoms with E-state index < -0.39 is 5.60 Å². The Hall–Kier alpha value is -0.0400. The highest BCUT2D eigenvalue weighted by Gasteiger charge is 2.37. The zero-order valence-electron chi connectivity index (χ0n) is 15.8. The molecule has 0 spiro atoms. The predicted molar refractivity (Wildman–Crippen MR) is 90.9 cm³/mol. The first kappa shape index (κ1) is 20.0. The predicted octanol–water partition coefficient (Wildman–Crippen LogP) is 5.91. The van der Waals surface area contributed by atoms with E-state index in [1.165, 1.54) is 6.42 Å². The molecular weight excluding hydrogens is 244 g/mol. The Kier molecular flexibility index (Phi) is 6.80. The van der Waals surface area contributed by atoms with E-state index in [1.807, 2.05) is 6.92 Å². The van der Waals surface area contributed by atoms with Crippen LogP contribution < -0.4 is 0 Å². The highest BCUT2D eigenvalue weighted by atomic mass is 16.3. The van der Waals surface area contributed by atoms with Crippen LogP contribution in [0.1, 0.15) is 88.5 Å². The smallest absolute Gasteiger partial charge is 0.0625 e. The quantitative estimate of drug-likeness (QED) is 0.587. The molecule has 20 heavy (non-hydrogen) atoms. The van der Waals surface area contributed by atoms with Gasteiger partial charge in [-0.1, -0.05) is 62.3 Å². The topological polar surface area (TPSA) is 20.2 Å². The average Bonchev–Trinajstić information content (AvgIpc) is 2.11. The van der Waals surface area contributed by atoms with Crippen LogP contribution in [0.3, 0.4) is 0 Å². The van der Waals surface area contributed by atoms with Gasteiger partial charge < -0.3 is 5.11 Å². The van der Waals surface area contributed by atoms with Crippen molar-refractivity contribution in [2.75, 3.05) is 0 Å². The Morgan fingerprint density at radius 1 is 0.750 bits per heavy atom. The summed E-state index contributed by atoms with van der Waals surface area (Å²) in [4.78, 5) is 0. The molecule has 0 aromatic carbocycles. The van der Waals surface area contributed by atoms with Crippen LogP contribution in [0.2, 0.25) is 0 Å². The van der Waals surface area contributed by atoms with Gasteiger partial charge in [-0.25, -0.2) is 0 Å². The van der Waals surface area contributed by atoms with E-state index in [0.717, 1.165) is 12.8 Å². The molecule has 0 radical (unpaired) electrons. The maximum absolute atomic E-state index is 10.6. The van der Waals surface area contributed by atoms with E-state index in [2.05, 4.69) is 62.3 Å². The highest BCUT2D eigenvalue weighted by Crippen LogP contribution is 2.45. The summed E-state index contributed by atoms with van der Waals surface area (Å²) in [6.45, 7) is 22.8. The third-order valence-corrected chi connectivity index (χ3v) is 5.40. The third kappa shape index (κ3) is 6.61. The highest BCUT2D eigenvalue weighted by molar-refractivity contribution is 4.88. The average molecular weight is 285 g/mol. The monoisotopic (exact) mass is 284 g/mol. The van der Waals surface area contributed by atoms with Crippen molar-refractivity contribution < 1.29 is 5.11 Å². The largest absolute Gasteiger partial charge is 0.390 e. The Morgan fingerprint density at radius 2 is 1.20 bits per heavy atom. The van der Waals surface area contributed by atoms with Gasteiger partial charge in [0.05, 0.1) is 5.60 Å². The fourth-order valence-corrected chi connectivity index (χ4v) is 3.45. The molecule has 0 rings (SSSR count). The van der Waals surface area contributed by atoms with Gasteiger partial charge in [0, 0.05) is 0 Å². The zero-order chi connectivity index (χ0) is 16.4. The molecule has 0 bridgehead atoms. The summed E-state index contributed by atoms with van der Waals surface area (Å²) in [6.07, 6.45) is 2.99. The minimum atomic E-state index is -0.535. The second-order valence-corrected chi connectivity index (χ2v) is 9.51. The second-order valence-electron chi connectivity index (χ2n) is 9.51. The maximum atomic E-state index is 10.6. The minimum Gasteiger partial charge on any atom is -0.390 e. The van der Waals surface area contributed by atoms with Gasteiger partial charge in [-0.3, -0.25) is 0 Å². The molecule has 0 aromatic heterocycles. The lowest BCUT2D eigenvalue weighted by Crippen LogP contribution is -2.37. The van der Waals surface area contributed by atoms with E-state index in [4.69, 9.17) is 0 Å². The molecule has 0 aliphatic carbocycles. The van der Waals surface area contributed by atoms with Crippen molar-refractivity contribution in [3.8, 4) is 0 Å². The molecule has 0 saturated carbocycles. The minimum absolute atomic E-state index is 0.259. The first-order valence-corrected chi connectivity index (χ1v) is 8.42. The molecule has 1 N–H and O–H groups in total. The van der Waals surface area contributed by atoms with E-state index in [0.29, 0.717) is 23.2 Å². The molecule has 0 aliphatic rings. The fraction of sp³-hybridized carbons (Fsp3) is 1.00. The Balaban J connectivity index is 4.78. The van der Waals surface area contributed by atoms with Gasteiger partial charge in [-0.2, -0.15) is 0 Å². The summed E-state index contributed by atoms with van der Waals surface area (Å²) in [7, 11) is 0. The van der Waals surface area contributed by atoms with Crippen molar-refractivity contribution in [2.45, 2.75) is 94.1 Å². The normalized spacial score (nSPS) is 18.4. The van der Waals surface area contributed by atoms with E-state index in [1.54, 1.807) is 0 Å². The summed E-state index contributed by atoms with van der Waals surface area (Å²) < 4.78 is 0. The fourth-order valence-electron chi connectivity index (χ4n) is 3.45. The van der Waals surface area contributed by atoms with Gasteiger partial charge >= 0.3 is 0 Å². The zero-order valence-corrected chi connectivity index (χ0v) is 15.8. The summed E-state index contributed by atoms with van der Waals surface area (Å²) in [6, 6.07) is 0. The third-order valence-electron chi connectivity index (χ3n) is 5.40. The molecule has 1 nitrogen and oxygen atoms in total. The van der Waals surface area contributed by atoms with Crippen LogP contribution in [0, 0.1) is 28.6 Å². The molecule has 2 atom stereocenters. The summed E-state index contributed by atoms with van der Waals surface area (Å²) in [5.41, 5.74) is 0.0727. The number of aliphatic hydroxyl groups is 1. The van der Waals surface area contributed by atoms with Crippen molar-refractivity contribution in [3.05, 3.63) is 0 Å². The first-order chi connectivity index (χ1) is 8.69. The molecule has 0 aliphatic heterocycles. The Bertz CT molecular complexity index is 284. The van der Waals surface area contributed by atoms with Gasteiger partial charge in [0.1, 0.15) is 0 Å². The maximum Gasteiger partial charge on any atom is 0.0625 e. The number of hydrogen-bond donors (Lipinski definition) is 1. The molecule has 0 heterocycles. The summed E-state index contributed by atoms with van der Waals surface area (Å²) >= 11 is 0. The first-order valence-electron chi connectivity index (χ1n) is 8.42. The molecular formula is C19H40O. The molecule has 2 unspecified atom stereocenters. The van der Waals surface area contributed by atoms with Gasteiger partial charge in [0.15, 0.2) is 0 Å². The molecule has 122 valence electrons. The van der Waals surface area contributed by atoms with Crippen molar-refractivity contribution in [1.29, 1.82) is 0 Å². The molecule has 1 heteroatoms. The van der Waals surface area contributed by atoms with Crippen LogP contribution >= 0.6 is 0 Å². The summed E-state index contributed by atoms with van der Waals surface area (Å²) in [5, 5.41) is 10.6. The van der Waals surface area contributed by atoms with E-state index in [-0.39, 0.29) is 5.41 Å². The van der Waals surface area contributed by atoms with Crippen LogP contribution in [0.4, 0.5) is 0 Å². The standard InChI is InChI=1S/C19H40O/c1-14(2)11-19(10,20)12-16(5)18(8,9)13-17(6,7)15(3)4/h14-16,20H,11-13H2,1-10H3. The van der Waals surface area contributed by atoms with Crippen molar-refractivity contribution in [3.63, 3.8) is 0 Å². The Labute approximate surface area is 128 Å².